The molecule has 1 aromatic heterocycles. The summed E-state index contributed by atoms with van der Waals surface area (Å²) >= 11 is 4.75. The molecule has 0 amide bonds. The molecule has 0 bridgehead atoms. The van der Waals surface area contributed by atoms with Crippen LogP contribution < -0.4 is 10.3 Å². The van der Waals surface area contributed by atoms with E-state index in [0.717, 1.165) is 11.3 Å². The number of halogens is 3. The van der Waals surface area contributed by atoms with Gasteiger partial charge >= 0.3 is 0 Å². The highest BCUT2D eigenvalue weighted by Crippen LogP contribution is 2.34. The van der Waals surface area contributed by atoms with Crippen LogP contribution in [0.1, 0.15) is 18.2 Å². The Morgan fingerprint density at radius 3 is 2.57 bits per heavy atom. The Hall–Kier alpha value is -0.960. The van der Waals surface area contributed by atoms with Gasteiger partial charge in [-0.1, -0.05) is 12.1 Å². The molecule has 0 saturated carbocycles. The number of nitrogens with zero attached hydrogens (tertiary/aromatic N) is 2. The number of rotatable bonds is 4. The summed E-state index contributed by atoms with van der Waals surface area (Å²) in [5.74, 6) is 0.749. The van der Waals surface area contributed by atoms with Crippen molar-refractivity contribution in [3.8, 4) is 5.75 Å². The third-order valence-corrected chi connectivity index (χ3v) is 4.14. The van der Waals surface area contributed by atoms with Crippen molar-refractivity contribution in [3.05, 3.63) is 56.7 Å². The molecule has 0 aliphatic rings. The van der Waals surface area contributed by atoms with Gasteiger partial charge in [0.2, 0.25) is 3.68 Å². The predicted octanol–water partition coefficient (Wildman–Crippen LogP) is 3.64. The van der Waals surface area contributed by atoms with E-state index in [1.165, 1.54) is 17.8 Å². The van der Waals surface area contributed by atoms with Crippen molar-refractivity contribution in [2.75, 3.05) is 7.11 Å². The first kappa shape index (κ1) is 16.4. The number of benzene rings is 1. The Morgan fingerprint density at radius 2 is 2.05 bits per heavy atom. The lowest BCUT2D eigenvalue weighted by Crippen LogP contribution is -2.26. The van der Waals surface area contributed by atoms with Gasteiger partial charge in [-0.3, -0.25) is 9.36 Å². The Bertz CT molecular complexity index is 696. The van der Waals surface area contributed by atoms with E-state index in [4.69, 9.17) is 4.74 Å². The maximum Gasteiger partial charge on any atom is 0.268 e. The summed E-state index contributed by atoms with van der Waals surface area (Å²) < 4.78 is 18.9. The number of ether oxygens (including phenoxy) is 1. The van der Waals surface area contributed by atoms with Crippen molar-refractivity contribution in [2.24, 2.45) is 0 Å². The molecule has 0 fully saturated rings. The SMILES string of the molecule is COc1ccc(Cn2cnc(C(C)(F)I)c(Br)c2=O)cc1. The highest BCUT2D eigenvalue weighted by atomic mass is 127. The van der Waals surface area contributed by atoms with E-state index in [2.05, 4.69) is 20.9 Å². The van der Waals surface area contributed by atoms with E-state index >= 15 is 0 Å². The minimum absolute atomic E-state index is 0.0964. The van der Waals surface area contributed by atoms with E-state index in [0.29, 0.717) is 6.54 Å². The third kappa shape index (κ3) is 3.82. The summed E-state index contributed by atoms with van der Waals surface area (Å²) in [6, 6.07) is 7.37. The van der Waals surface area contributed by atoms with E-state index in [-0.39, 0.29) is 15.7 Å². The Labute approximate surface area is 143 Å². The normalized spacial score (nSPS) is 13.8. The average molecular weight is 467 g/mol. The zero-order valence-corrected chi connectivity index (χ0v) is 15.2. The van der Waals surface area contributed by atoms with Crippen LogP contribution in [0.4, 0.5) is 4.39 Å². The molecule has 2 aromatic rings. The van der Waals surface area contributed by atoms with Crippen LogP contribution in [0.2, 0.25) is 0 Å². The van der Waals surface area contributed by atoms with Crippen LogP contribution in [-0.2, 0) is 10.2 Å². The molecule has 112 valence electrons. The minimum Gasteiger partial charge on any atom is -0.497 e. The van der Waals surface area contributed by atoms with Crippen molar-refractivity contribution < 1.29 is 9.13 Å². The van der Waals surface area contributed by atoms with Crippen molar-refractivity contribution in [1.29, 1.82) is 0 Å². The highest BCUT2D eigenvalue weighted by molar-refractivity contribution is 14.1. The molecule has 1 unspecified atom stereocenters. The molecule has 0 spiro atoms. The topological polar surface area (TPSA) is 44.1 Å². The van der Waals surface area contributed by atoms with Gasteiger partial charge in [-0.2, -0.15) is 0 Å². The van der Waals surface area contributed by atoms with Gasteiger partial charge in [0.1, 0.15) is 15.9 Å². The molecular formula is C14H13BrFIN2O2. The fourth-order valence-corrected chi connectivity index (χ4v) is 3.29. The molecular weight excluding hydrogens is 454 g/mol. The Balaban J connectivity index is 2.33. The van der Waals surface area contributed by atoms with Gasteiger partial charge in [-0.05, 0) is 63.1 Å². The average Bonchev–Trinajstić information content (AvgIpc) is 2.43. The van der Waals surface area contributed by atoms with Crippen molar-refractivity contribution in [3.63, 3.8) is 0 Å². The predicted molar refractivity (Wildman–Crippen MR) is 90.8 cm³/mol. The molecule has 4 nitrogen and oxygen atoms in total. The van der Waals surface area contributed by atoms with Crippen LogP contribution in [0, 0.1) is 0 Å². The molecule has 0 N–H and O–H groups in total. The van der Waals surface area contributed by atoms with E-state index < -0.39 is 3.68 Å². The van der Waals surface area contributed by atoms with Crippen molar-refractivity contribution in [2.45, 2.75) is 17.1 Å². The fraction of sp³-hybridized carbons (Fsp3) is 0.286. The van der Waals surface area contributed by atoms with Crippen molar-refractivity contribution in [1.82, 2.24) is 9.55 Å². The lowest BCUT2D eigenvalue weighted by molar-refractivity contribution is 0.337. The smallest absolute Gasteiger partial charge is 0.268 e. The third-order valence-electron chi connectivity index (χ3n) is 2.91. The van der Waals surface area contributed by atoms with Crippen LogP contribution in [0.25, 0.3) is 0 Å². The summed E-state index contributed by atoms with van der Waals surface area (Å²) in [4.78, 5) is 16.3. The molecule has 0 aliphatic carbocycles. The summed E-state index contributed by atoms with van der Waals surface area (Å²) in [6.07, 6.45) is 1.36. The lowest BCUT2D eigenvalue weighted by Gasteiger charge is -2.14. The first-order chi connectivity index (χ1) is 9.82. The molecule has 21 heavy (non-hydrogen) atoms. The second kappa shape index (κ2) is 6.43. The highest BCUT2D eigenvalue weighted by Gasteiger charge is 2.27. The summed E-state index contributed by atoms with van der Waals surface area (Å²) in [5, 5.41) is 0. The van der Waals surface area contributed by atoms with Gasteiger partial charge in [0.05, 0.1) is 20.0 Å². The largest absolute Gasteiger partial charge is 0.497 e. The summed E-state index contributed by atoms with van der Waals surface area (Å²) in [6.45, 7) is 1.72. The molecule has 0 radical (unpaired) electrons. The lowest BCUT2D eigenvalue weighted by atomic mass is 10.2. The van der Waals surface area contributed by atoms with Gasteiger partial charge in [-0.25, -0.2) is 9.37 Å². The maximum absolute atomic E-state index is 13.9. The quantitative estimate of drug-likeness (QED) is 0.510. The monoisotopic (exact) mass is 466 g/mol. The van der Waals surface area contributed by atoms with Crippen LogP contribution in [0.3, 0.4) is 0 Å². The van der Waals surface area contributed by atoms with E-state index in [1.807, 2.05) is 24.3 Å². The van der Waals surface area contributed by atoms with Crippen LogP contribution in [0.15, 0.2) is 39.9 Å². The zero-order chi connectivity index (χ0) is 15.6. The number of aromatic nitrogens is 2. The molecule has 1 heterocycles. The molecule has 0 aliphatic heterocycles. The molecule has 7 heteroatoms. The Morgan fingerprint density at radius 1 is 1.43 bits per heavy atom. The maximum atomic E-state index is 13.9. The molecule has 2 rings (SSSR count). The van der Waals surface area contributed by atoms with Crippen molar-refractivity contribution >= 4 is 38.5 Å². The second-order valence-corrected chi connectivity index (χ2v) is 7.40. The second-order valence-electron chi connectivity index (χ2n) is 4.58. The Kier molecular flexibility index (Phi) is 5.03. The standard InChI is InChI=1S/C14H13BrFIN2O2/c1-14(16,17)12-11(15)13(20)19(8-18-12)7-9-3-5-10(21-2)6-4-9/h3-6,8H,7H2,1-2H3. The first-order valence-corrected chi connectivity index (χ1v) is 7.96. The fourth-order valence-electron chi connectivity index (χ4n) is 1.81. The van der Waals surface area contributed by atoms with E-state index in [9.17, 15) is 9.18 Å². The van der Waals surface area contributed by atoms with Gasteiger partial charge in [0.25, 0.3) is 5.56 Å². The first-order valence-electron chi connectivity index (χ1n) is 6.09. The number of methoxy groups -OCH3 is 1. The summed E-state index contributed by atoms with van der Waals surface area (Å²) in [7, 11) is 1.59. The minimum atomic E-state index is -1.70. The molecule has 1 atom stereocenters. The van der Waals surface area contributed by atoms with Crippen LogP contribution in [0.5, 0.6) is 5.75 Å². The number of hydrogen-bond donors (Lipinski definition) is 0. The molecule has 0 saturated heterocycles. The van der Waals surface area contributed by atoms with E-state index in [1.54, 1.807) is 29.7 Å². The van der Waals surface area contributed by atoms with Gasteiger partial charge < -0.3 is 4.74 Å². The van der Waals surface area contributed by atoms with Gasteiger partial charge in [-0.15, -0.1) is 0 Å². The zero-order valence-electron chi connectivity index (χ0n) is 11.4. The van der Waals surface area contributed by atoms with Crippen LogP contribution >= 0.6 is 38.5 Å². The van der Waals surface area contributed by atoms with Gasteiger partial charge in [0, 0.05) is 0 Å². The summed E-state index contributed by atoms with van der Waals surface area (Å²) in [5.41, 5.74) is 0.715. The number of hydrogen-bond acceptors (Lipinski definition) is 3. The van der Waals surface area contributed by atoms with Gasteiger partial charge in [0.15, 0.2) is 0 Å². The molecule has 1 aromatic carbocycles. The van der Waals surface area contributed by atoms with Crippen LogP contribution in [-0.4, -0.2) is 16.7 Å². The number of alkyl halides is 2.